The van der Waals surface area contributed by atoms with Crippen molar-refractivity contribution < 1.29 is 0 Å². The van der Waals surface area contributed by atoms with Crippen LogP contribution in [0.4, 0.5) is 0 Å². The highest BCUT2D eigenvalue weighted by molar-refractivity contribution is 9.10. The first-order valence-electron chi connectivity index (χ1n) is 6.68. The van der Waals surface area contributed by atoms with Gasteiger partial charge in [0, 0.05) is 22.8 Å². The fourth-order valence-electron chi connectivity index (χ4n) is 2.39. The maximum absolute atomic E-state index is 5.93. The van der Waals surface area contributed by atoms with Gasteiger partial charge in [0.2, 0.25) is 0 Å². The first-order chi connectivity index (χ1) is 9.72. The monoisotopic (exact) mass is 329 g/mol. The molecule has 0 bridgehead atoms. The number of halogens is 1. The van der Waals surface area contributed by atoms with Crippen molar-refractivity contribution in [2.24, 2.45) is 5.73 Å². The quantitative estimate of drug-likeness (QED) is 0.794. The number of fused-ring (bicyclic) bond motifs is 1. The van der Waals surface area contributed by atoms with Crippen LogP contribution in [0.3, 0.4) is 0 Å². The molecular formula is C16H16BrN3. The number of imidazole rings is 1. The highest BCUT2D eigenvalue weighted by Crippen LogP contribution is 2.26. The molecule has 2 N–H and O–H groups in total. The van der Waals surface area contributed by atoms with Crippen molar-refractivity contribution in [2.45, 2.75) is 19.9 Å². The number of nitrogens with two attached hydrogens (primary N) is 1. The number of rotatable bonds is 3. The summed E-state index contributed by atoms with van der Waals surface area (Å²) >= 11 is 3.49. The van der Waals surface area contributed by atoms with Crippen molar-refractivity contribution in [1.29, 1.82) is 0 Å². The van der Waals surface area contributed by atoms with Crippen molar-refractivity contribution >= 4 is 21.6 Å². The van der Waals surface area contributed by atoms with E-state index in [9.17, 15) is 0 Å². The van der Waals surface area contributed by atoms with E-state index in [4.69, 9.17) is 10.7 Å². The summed E-state index contributed by atoms with van der Waals surface area (Å²) in [6.45, 7) is 2.62. The molecule has 0 saturated heterocycles. The fraction of sp³-hybridized carbons (Fsp3) is 0.188. The summed E-state index contributed by atoms with van der Waals surface area (Å²) in [5.41, 5.74) is 11.3. The van der Waals surface area contributed by atoms with Gasteiger partial charge in [-0.2, -0.15) is 0 Å². The Morgan fingerprint density at radius 1 is 1.15 bits per heavy atom. The summed E-state index contributed by atoms with van der Waals surface area (Å²) < 4.78 is 3.07. The van der Waals surface area contributed by atoms with Crippen molar-refractivity contribution in [3.8, 4) is 11.3 Å². The Hall–Kier alpha value is -1.65. The van der Waals surface area contributed by atoms with Gasteiger partial charge in [0.15, 0.2) is 0 Å². The van der Waals surface area contributed by atoms with Crippen LogP contribution in [0.2, 0.25) is 0 Å². The van der Waals surface area contributed by atoms with E-state index in [1.807, 2.05) is 22.7 Å². The van der Waals surface area contributed by atoms with E-state index in [-0.39, 0.29) is 0 Å². The molecule has 4 heteroatoms. The third-order valence-corrected chi connectivity index (χ3v) is 3.98. The minimum Gasteiger partial charge on any atom is -0.325 e. The molecule has 2 aromatic heterocycles. The largest absolute Gasteiger partial charge is 0.325 e. The topological polar surface area (TPSA) is 43.3 Å². The molecule has 0 aliphatic rings. The number of hydrogen-bond donors (Lipinski definition) is 1. The Morgan fingerprint density at radius 3 is 2.55 bits per heavy atom. The molecule has 102 valence electrons. The van der Waals surface area contributed by atoms with Gasteiger partial charge in [0.1, 0.15) is 5.65 Å². The lowest BCUT2D eigenvalue weighted by atomic mass is 10.1. The molecule has 0 fully saturated rings. The van der Waals surface area contributed by atoms with Gasteiger partial charge in [0.05, 0.1) is 11.4 Å². The van der Waals surface area contributed by atoms with E-state index < -0.39 is 0 Å². The third kappa shape index (κ3) is 2.25. The van der Waals surface area contributed by atoms with Crippen LogP contribution in [-0.4, -0.2) is 9.38 Å². The predicted octanol–water partition coefficient (Wildman–Crippen LogP) is 3.78. The van der Waals surface area contributed by atoms with Gasteiger partial charge in [-0.15, -0.1) is 0 Å². The second-order valence-corrected chi connectivity index (χ2v) is 5.65. The molecule has 0 aliphatic carbocycles. The summed E-state index contributed by atoms with van der Waals surface area (Å²) in [7, 11) is 0. The highest BCUT2D eigenvalue weighted by Gasteiger charge is 2.12. The molecule has 3 rings (SSSR count). The second-order valence-electron chi connectivity index (χ2n) is 4.74. The van der Waals surface area contributed by atoms with Crippen LogP contribution in [-0.2, 0) is 13.0 Å². The molecule has 20 heavy (non-hydrogen) atoms. The van der Waals surface area contributed by atoms with Crippen molar-refractivity contribution in [3.63, 3.8) is 0 Å². The first kappa shape index (κ1) is 13.3. The van der Waals surface area contributed by atoms with E-state index in [0.717, 1.165) is 33.5 Å². The first-order valence-corrected chi connectivity index (χ1v) is 7.48. The zero-order chi connectivity index (χ0) is 14.1. The maximum Gasteiger partial charge on any atom is 0.137 e. The van der Waals surface area contributed by atoms with Gasteiger partial charge < -0.3 is 10.1 Å². The Kier molecular flexibility index (Phi) is 3.59. The fourth-order valence-corrected chi connectivity index (χ4v) is 2.73. The summed E-state index contributed by atoms with van der Waals surface area (Å²) in [5.74, 6) is 0. The van der Waals surface area contributed by atoms with Crippen LogP contribution >= 0.6 is 15.9 Å². The smallest absolute Gasteiger partial charge is 0.137 e. The molecule has 0 radical (unpaired) electrons. The molecule has 2 heterocycles. The van der Waals surface area contributed by atoms with Crippen LogP contribution in [0.1, 0.15) is 18.2 Å². The number of aromatic nitrogens is 2. The van der Waals surface area contributed by atoms with Gasteiger partial charge in [-0.25, -0.2) is 4.98 Å². The molecule has 3 aromatic rings. The Labute approximate surface area is 126 Å². The minimum atomic E-state index is 0.461. The van der Waals surface area contributed by atoms with Gasteiger partial charge in [-0.05, 0) is 40.0 Å². The Bertz CT molecular complexity index is 744. The molecule has 3 nitrogen and oxygen atoms in total. The van der Waals surface area contributed by atoms with Gasteiger partial charge in [-0.3, -0.25) is 0 Å². The number of benzene rings is 1. The number of nitrogens with zero attached hydrogens (tertiary/aromatic N) is 2. The van der Waals surface area contributed by atoms with Crippen LogP contribution in [0.5, 0.6) is 0 Å². The summed E-state index contributed by atoms with van der Waals surface area (Å²) in [6, 6.07) is 12.5. The van der Waals surface area contributed by atoms with Crippen LogP contribution in [0.25, 0.3) is 16.9 Å². The van der Waals surface area contributed by atoms with Crippen molar-refractivity contribution in [2.75, 3.05) is 0 Å². The van der Waals surface area contributed by atoms with Gasteiger partial charge in [0.25, 0.3) is 0 Å². The van der Waals surface area contributed by atoms with E-state index in [2.05, 4.69) is 47.1 Å². The van der Waals surface area contributed by atoms with Crippen LogP contribution < -0.4 is 5.73 Å². The van der Waals surface area contributed by atoms with Crippen LogP contribution in [0, 0.1) is 0 Å². The predicted molar refractivity (Wildman–Crippen MR) is 85.6 cm³/mol. The molecule has 0 aliphatic heterocycles. The SMILES string of the molecule is CCc1ccc(-c2nc3ccc(Br)cn3c2CN)cc1. The minimum absolute atomic E-state index is 0.461. The lowest BCUT2D eigenvalue weighted by Gasteiger charge is -2.04. The molecule has 0 saturated carbocycles. The number of hydrogen-bond acceptors (Lipinski definition) is 2. The van der Waals surface area contributed by atoms with Crippen LogP contribution in [0.15, 0.2) is 47.1 Å². The maximum atomic E-state index is 5.93. The van der Waals surface area contributed by atoms with E-state index in [0.29, 0.717) is 6.54 Å². The van der Waals surface area contributed by atoms with E-state index in [1.165, 1.54) is 5.56 Å². The molecule has 0 unspecified atom stereocenters. The molecule has 1 aromatic carbocycles. The Balaban J connectivity index is 2.19. The zero-order valence-electron chi connectivity index (χ0n) is 11.3. The lowest BCUT2D eigenvalue weighted by Crippen LogP contribution is -2.02. The van der Waals surface area contributed by atoms with Gasteiger partial charge >= 0.3 is 0 Å². The normalized spacial score (nSPS) is 11.2. The Morgan fingerprint density at radius 2 is 1.90 bits per heavy atom. The molecule has 0 amide bonds. The summed E-state index contributed by atoms with van der Waals surface area (Å²) in [6.07, 6.45) is 3.05. The number of pyridine rings is 1. The highest BCUT2D eigenvalue weighted by atomic mass is 79.9. The average molecular weight is 330 g/mol. The van der Waals surface area contributed by atoms with Crippen molar-refractivity contribution in [3.05, 3.63) is 58.3 Å². The average Bonchev–Trinajstić information content (AvgIpc) is 2.85. The number of aryl methyl sites for hydroxylation is 1. The van der Waals surface area contributed by atoms with E-state index in [1.54, 1.807) is 0 Å². The second kappa shape index (κ2) is 5.38. The molecule has 0 spiro atoms. The molecule has 0 atom stereocenters. The summed E-state index contributed by atoms with van der Waals surface area (Å²) in [4.78, 5) is 4.71. The molecular weight excluding hydrogens is 314 g/mol. The summed E-state index contributed by atoms with van der Waals surface area (Å²) in [5, 5.41) is 0. The zero-order valence-corrected chi connectivity index (χ0v) is 12.9. The lowest BCUT2D eigenvalue weighted by molar-refractivity contribution is 0.959. The van der Waals surface area contributed by atoms with Gasteiger partial charge in [-0.1, -0.05) is 31.2 Å². The third-order valence-electron chi connectivity index (χ3n) is 3.51. The van der Waals surface area contributed by atoms with Crippen molar-refractivity contribution in [1.82, 2.24) is 9.38 Å². The van der Waals surface area contributed by atoms with E-state index >= 15 is 0 Å². The standard InChI is InChI=1S/C16H16BrN3/c1-2-11-3-5-12(6-4-11)16-14(9-18)20-10-13(17)7-8-15(20)19-16/h3-8,10H,2,9,18H2,1H3.